The summed E-state index contributed by atoms with van der Waals surface area (Å²) in [4.78, 5) is 13.8. The van der Waals surface area contributed by atoms with Gasteiger partial charge in [0.2, 0.25) is 0 Å². The molecule has 144 valence electrons. The van der Waals surface area contributed by atoms with E-state index in [4.69, 9.17) is 4.74 Å². The zero-order valence-electron chi connectivity index (χ0n) is 16.5. The van der Waals surface area contributed by atoms with Crippen molar-refractivity contribution in [2.45, 2.75) is 39.2 Å². The molecule has 0 amide bonds. The van der Waals surface area contributed by atoms with Crippen LogP contribution in [0.2, 0.25) is 0 Å². The number of methoxy groups -OCH3 is 1. The van der Waals surface area contributed by atoms with Gasteiger partial charge < -0.3 is 14.6 Å². The van der Waals surface area contributed by atoms with Gasteiger partial charge in [-0.3, -0.25) is 0 Å². The van der Waals surface area contributed by atoms with Crippen LogP contribution in [0, 0.1) is 5.82 Å². The van der Waals surface area contributed by atoms with Crippen molar-refractivity contribution in [3.05, 3.63) is 47.4 Å². The fourth-order valence-corrected chi connectivity index (χ4v) is 2.88. The maximum atomic E-state index is 13.5. The predicted octanol–water partition coefficient (Wildman–Crippen LogP) is 3.60. The predicted molar refractivity (Wildman–Crippen MR) is 104 cm³/mol. The number of rotatable bonds is 6. The van der Waals surface area contributed by atoms with E-state index in [9.17, 15) is 4.39 Å². The molecule has 0 radical (unpaired) electrons. The van der Waals surface area contributed by atoms with Crippen LogP contribution in [0.25, 0.3) is 11.0 Å². The molecule has 2 aromatic heterocycles. The van der Waals surface area contributed by atoms with Crippen molar-refractivity contribution in [1.29, 1.82) is 0 Å². The number of imidazole rings is 1. The largest absolute Gasteiger partial charge is 0.378 e. The van der Waals surface area contributed by atoms with Gasteiger partial charge in [-0.2, -0.15) is 0 Å². The summed E-state index contributed by atoms with van der Waals surface area (Å²) in [5, 5.41) is 3.35. The Kier molecular flexibility index (Phi) is 5.41. The highest BCUT2D eigenvalue weighted by Gasteiger charge is 2.19. The van der Waals surface area contributed by atoms with E-state index in [1.807, 2.05) is 17.7 Å². The number of nitrogens with zero attached hydrogens (tertiary/aromatic N) is 4. The molecule has 0 spiro atoms. The van der Waals surface area contributed by atoms with Gasteiger partial charge in [-0.25, -0.2) is 19.3 Å². The van der Waals surface area contributed by atoms with Crippen molar-refractivity contribution < 1.29 is 9.13 Å². The van der Waals surface area contributed by atoms with Gasteiger partial charge in [0.15, 0.2) is 0 Å². The molecule has 1 aromatic carbocycles. The number of aryl methyl sites for hydroxylation is 1. The Morgan fingerprint density at radius 3 is 2.63 bits per heavy atom. The molecule has 3 rings (SSSR count). The minimum Gasteiger partial charge on any atom is -0.378 e. The van der Waals surface area contributed by atoms with E-state index in [0.29, 0.717) is 19.6 Å². The van der Waals surface area contributed by atoms with Crippen LogP contribution in [0.4, 0.5) is 10.2 Å². The lowest BCUT2D eigenvalue weighted by Crippen LogP contribution is -2.19. The lowest BCUT2D eigenvalue weighted by atomic mass is 9.95. The molecule has 2 heterocycles. The van der Waals surface area contributed by atoms with Gasteiger partial charge in [-0.05, 0) is 18.2 Å². The Morgan fingerprint density at radius 2 is 1.93 bits per heavy atom. The SMILES string of the molecule is COCc1cc(NCCc2nc3ccc(F)cc3n2C)nc(C(C)(C)C)n1. The van der Waals surface area contributed by atoms with Gasteiger partial charge in [0.05, 0.1) is 23.3 Å². The van der Waals surface area contributed by atoms with Gasteiger partial charge in [0.1, 0.15) is 23.3 Å². The normalized spacial score (nSPS) is 11.9. The van der Waals surface area contributed by atoms with Crippen LogP contribution in [0.5, 0.6) is 0 Å². The molecule has 0 unspecified atom stereocenters. The molecule has 7 heteroatoms. The van der Waals surface area contributed by atoms with Crippen molar-refractivity contribution >= 4 is 16.9 Å². The summed E-state index contributed by atoms with van der Waals surface area (Å²) in [5.41, 5.74) is 2.29. The third-order valence-electron chi connectivity index (χ3n) is 4.33. The second-order valence-corrected chi connectivity index (χ2v) is 7.65. The Morgan fingerprint density at radius 1 is 1.15 bits per heavy atom. The first-order valence-electron chi connectivity index (χ1n) is 9.00. The number of halogens is 1. The molecular formula is C20H26FN5O. The highest BCUT2D eigenvalue weighted by atomic mass is 19.1. The second-order valence-electron chi connectivity index (χ2n) is 7.65. The molecule has 0 aliphatic heterocycles. The zero-order chi connectivity index (χ0) is 19.6. The van der Waals surface area contributed by atoms with Crippen LogP contribution in [-0.4, -0.2) is 33.2 Å². The molecule has 0 fully saturated rings. The summed E-state index contributed by atoms with van der Waals surface area (Å²) >= 11 is 0. The minimum absolute atomic E-state index is 0.151. The van der Waals surface area contributed by atoms with Crippen molar-refractivity contribution in [2.75, 3.05) is 19.0 Å². The number of nitrogens with one attached hydrogen (secondary N) is 1. The van der Waals surface area contributed by atoms with E-state index >= 15 is 0 Å². The highest BCUT2D eigenvalue weighted by Crippen LogP contribution is 2.21. The lowest BCUT2D eigenvalue weighted by molar-refractivity contribution is 0.181. The van der Waals surface area contributed by atoms with Gasteiger partial charge in [0, 0.05) is 38.6 Å². The van der Waals surface area contributed by atoms with Crippen LogP contribution < -0.4 is 5.32 Å². The van der Waals surface area contributed by atoms with E-state index in [1.54, 1.807) is 13.2 Å². The minimum atomic E-state index is -0.253. The summed E-state index contributed by atoms with van der Waals surface area (Å²) in [5.74, 6) is 2.19. The summed E-state index contributed by atoms with van der Waals surface area (Å²) in [6, 6.07) is 6.56. The second kappa shape index (κ2) is 7.60. The molecule has 0 aliphatic rings. The molecule has 1 N–H and O–H groups in total. The summed E-state index contributed by atoms with van der Waals surface area (Å²) in [7, 11) is 3.56. The molecule has 0 saturated carbocycles. The average Bonchev–Trinajstić information content (AvgIpc) is 2.90. The van der Waals surface area contributed by atoms with E-state index in [0.717, 1.165) is 34.2 Å². The summed E-state index contributed by atoms with van der Waals surface area (Å²) in [6.07, 6.45) is 0.696. The topological polar surface area (TPSA) is 64.9 Å². The third-order valence-corrected chi connectivity index (χ3v) is 4.33. The van der Waals surface area contributed by atoms with Gasteiger partial charge in [-0.15, -0.1) is 0 Å². The molecule has 0 bridgehead atoms. The van der Waals surface area contributed by atoms with Crippen LogP contribution >= 0.6 is 0 Å². The number of fused-ring (bicyclic) bond motifs is 1. The number of ether oxygens (including phenoxy) is 1. The van der Waals surface area contributed by atoms with Crippen molar-refractivity contribution in [1.82, 2.24) is 19.5 Å². The van der Waals surface area contributed by atoms with Gasteiger partial charge in [0.25, 0.3) is 0 Å². The lowest BCUT2D eigenvalue weighted by Gasteiger charge is -2.19. The molecule has 27 heavy (non-hydrogen) atoms. The first-order valence-corrected chi connectivity index (χ1v) is 9.00. The summed E-state index contributed by atoms with van der Waals surface area (Å²) in [6.45, 7) is 7.35. The van der Waals surface area contributed by atoms with E-state index < -0.39 is 0 Å². The van der Waals surface area contributed by atoms with Crippen LogP contribution in [0.15, 0.2) is 24.3 Å². The molecular weight excluding hydrogens is 345 g/mol. The first kappa shape index (κ1) is 19.2. The first-order chi connectivity index (χ1) is 12.8. The van der Waals surface area contributed by atoms with Crippen molar-refractivity contribution in [2.24, 2.45) is 7.05 Å². The molecule has 0 aliphatic carbocycles. The number of benzene rings is 1. The van der Waals surface area contributed by atoms with E-state index in [2.05, 4.69) is 41.0 Å². The van der Waals surface area contributed by atoms with Crippen molar-refractivity contribution in [3.8, 4) is 0 Å². The molecule has 3 aromatic rings. The van der Waals surface area contributed by atoms with Gasteiger partial charge >= 0.3 is 0 Å². The monoisotopic (exact) mass is 371 g/mol. The van der Waals surface area contributed by atoms with Crippen LogP contribution in [-0.2, 0) is 30.2 Å². The Hall–Kier alpha value is -2.54. The van der Waals surface area contributed by atoms with E-state index in [1.165, 1.54) is 12.1 Å². The Bertz CT molecular complexity index is 945. The Balaban J connectivity index is 1.75. The van der Waals surface area contributed by atoms with Crippen molar-refractivity contribution in [3.63, 3.8) is 0 Å². The standard InChI is InChI=1S/C20H26FN5O/c1-20(2,3)19-23-14(12-27-5)11-17(25-19)22-9-8-18-24-15-7-6-13(21)10-16(15)26(18)4/h6-7,10-11H,8-9,12H2,1-5H3,(H,22,23,25). The van der Waals surface area contributed by atoms with Gasteiger partial charge in [-0.1, -0.05) is 20.8 Å². The number of hydrogen-bond donors (Lipinski definition) is 1. The third kappa shape index (κ3) is 4.42. The maximum absolute atomic E-state index is 13.5. The fraction of sp³-hybridized carbons (Fsp3) is 0.450. The number of hydrogen-bond acceptors (Lipinski definition) is 5. The van der Waals surface area contributed by atoms with Crippen LogP contribution in [0.3, 0.4) is 0 Å². The quantitative estimate of drug-likeness (QED) is 0.717. The zero-order valence-corrected chi connectivity index (χ0v) is 16.5. The van der Waals surface area contributed by atoms with E-state index in [-0.39, 0.29) is 11.2 Å². The van der Waals surface area contributed by atoms with Crippen LogP contribution in [0.1, 0.15) is 38.1 Å². The average molecular weight is 371 g/mol. The fourth-order valence-electron chi connectivity index (χ4n) is 2.88. The molecule has 0 saturated heterocycles. The number of aromatic nitrogens is 4. The maximum Gasteiger partial charge on any atom is 0.136 e. The smallest absolute Gasteiger partial charge is 0.136 e. The molecule has 0 atom stereocenters. The highest BCUT2D eigenvalue weighted by molar-refractivity contribution is 5.75. The molecule has 6 nitrogen and oxygen atoms in total. The Labute approximate surface area is 158 Å². The summed E-state index contributed by atoms with van der Waals surface area (Å²) < 4.78 is 20.6. The number of anilines is 1.